The Morgan fingerprint density at radius 2 is 2.00 bits per heavy atom. The van der Waals surface area contributed by atoms with Crippen LogP contribution in [0.2, 0.25) is 0 Å². The third-order valence-corrected chi connectivity index (χ3v) is 3.58. The van der Waals surface area contributed by atoms with E-state index in [1.807, 2.05) is 60.8 Å². The van der Waals surface area contributed by atoms with Gasteiger partial charge in [0.25, 0.3) is 0 Å². The molecule has 2 aromatic heterocycles. The van der Waals surface area contributed by atoms with E-state index in [0.29, 0.717) is 12.2 Å². The maximum atomic E-state index is 11.4. The highest BCUT2D eigenvalue weighted by Gasteiger charge is 2.11. The Kier molecular flexibility index (Phi) is 3.55. The summed E-state index contributed by atoms with van der Waals surface area (Å²) in [4.78, 5) is 16.0. The molecule has 0 spiro atoms. The summed E-state index contributed by atoms with van der Waals surface area (Å²) in [5, 5.41) is 2.82. The molecule has 2 heterocycles. The predicted molar refractivity (Wildman–Crippen MR) is 88.7 cm³/mol. The number of hydrogen-bond acceptors (Lipinski definition) is 3. The second-order valence-electron chi connectivity index (χ2n) is 5.26. The van der Waals surface area contributed by atoms with Crippen LogP contribution >= 0.6 is 0 Å². The van der Waals surface area contributed by atoms with Crippen molar-refractivity contribution in [3.05, 3.63) is 48.2 Å². The number of carbonyl (C=O) groups is 1. The Labute approximate surface area is 128 Å². The Hall–Kier alpha value is -2.82. The molecule has 0 saturated carbocycles. The van der Waals surface area contributed by atoms with Crippen LogP contribution < -0.4 is 11.1 Å². The molecule has 0 aliphatic rings. The Bertz CT molecular complexity index is 834. The smallest absolute Gasteiger partial charge is 0.224 e. The third-order valence-electron chi connectivity index (χ3n) is 3.58. The highest BCUT2D eigenvalue weighted by molar-refractivity contribution is 5.90. The Balaban J connectivity index is 1.97. The van der Waals surface area contributed by atoms with Gasteiger partial charge in [-0.25, -0.2) is 4.98 Å². The Morgan fingerprint density at radius 1 is 1.27 bits per heavy atom. The van der Waals surface area contributed by atoms with Crippen LogP contribution in [-0.4, -0.2) is 15.3 Å². The van der Waals surface area contributed by atoms with Crippen molar-refractivity contribution in [3.63, 3.8) is 0 Å². The summed E-state index contributed by atoms with van der Waals surface area (Å²) in [7, 11) is 0. The molecule has 5 nitrogen and oxygen atoms in total. The molecule has 0 atom stereocenters. The van der Waals surface area contributed by atoms with E-state index in [9.17, 15) is 4.79 Å². The van der Waals surface area contributed by atoms with Gasteiger partial charge in [-0.15, -0.1) is 0 Å². The van der Waals surface area contributed by atoms with Crippen molar-refractivity contribution >= 4 is 23.1 Å². The van der Waals surface area contributed by atoms with Gasteiger partial charge < -0.3 is 11.1 Å². The van der Waals surface area contributed by atoms with Crippen LogP contribution in [0.25, 0.3) is 16.9 Å². The van der Waals surface area contributed by atoms with Crippen molar-refractivity contribution in [3.8, 4) is 11.3 Å². The maximum absolute atomic E-state index is 11.4. The number of fused-ring (bicyclic) bond motifs is 1. The molecular formula is C17H18N4O. The fraction of sp³-hybridized carbons (Fsp3) is 0.176. The monoisotopic (exact) mass is 294 g/mol. The van der Waals surface area contributed by atoms with E-state index in [1.165, 1.54) is 0 Å². The number of amides is 1. The number of hydrogen-bond donors (Lipinski definition) is 2. The van der Waals surface area contributed by atoms with E-state index in [4.69, 9.17) is 5.73 Å². The summed E-state index contributed by atoms with van der Waals surface area (Å²) in [6.45, 7) is 3.85. The van der Waals surface area contributed by atoms with Crippen LogP contribution in [0.1, 0.15) is 18.9 Å². The van der Waals surface area contributed by atoms with E-state index >= 15 is 0 Å². The first-order chi connectivity index (χ1) is 10.6. The molecule has 0 saturated heterocycles. The summed E-state index contributed by atoms with van der Waals surface area (Å²) in [5.74, 6) is 0.607. The molecule has 0 aliphatic carbocycles. The van der Waals surface area contributed by atoms with Crippen molar-refractivity contribution < 1.29 is 4.79 Å². The van der Waals surface area contributed by atoms with Gasteiger partial charge in [0, 0.05) is 23.9 Å². The average molecular weight is 294 g/mol. The van der Waals surface area contributed by atoms with E-state index in [1.54, 1.807) is 0 Å². The van der Waals surface area contributed by atoms with Gasteiger partial charge in [0.1, 0.15) is 17.2 Å². The molecule has 22 heavy (non-hydrogen) atoms. The van der Waals surface area contributed by atoms with Gasteiger partial charge in [-0.3, -0.25) is 9.20 Å². The van der Waals surface area contributed by atoms with E-state index in [-0.39, 0.29) is 5.91 Å². The molecule has 0 bridgehead atoms. The van der Waals surface area contributed by atoms with Crippen LogP contribution in [0.3, 0.4) is 0 Å². The summed E-state index contributed by atoms with van der Waals surface area (Å²) in [6, 6.07) is 11.5. The van der Waals surface area contributed by atoms with Crippen LogP contribution in [0, 0.1) is 6.92 Å². The molecule has 3 rings (SSSR count). The number of pyridine rings is 1. The normalized spacial score (nSPS) is 10.8. The number of anilines is 2. The largest absolute Gasteiger partial charge is 0.383 e. The zero-order valence-electron chi connectivity index (χ0n) is 12.6. The molecule has 0 aliphatic heterocycles. The van der Waals surface area contributed by atoms with Crippen LogP contribution in [0.15, 0.2) is 42.6 Å². The predicted octanol–water partition coefficient (Wildman–Crippen LogP) is 3.24. The maximum Gasteiger partial charge on any atom is 0.224 e. The molecule has 0 unspecified atom stereocenters. The summed E-state index contributed by atoms with van der Waals surface area (Å²) < 4.78 is 1.87. The second-order valence-corrected chi connectivity index (χ2v) is 5.26. The minimum atomic E-state index is -0.00420. The van der Waals surface area contributed by atoms with Crippen molar-refractivity contribution in [2.45, 2.75) is 20.3 Å². The van der Waals surface area contributed by atoms with Crippen molar-refractivity contribution in [2.75, 3.05) is 11.1 Å². The van der Waals surface area contributed by atoms with Gasteiger partial charge >= 0.3 is 0 Å². The number of aryl methyl sites for hydroxylation is 1. The molecule has 1 amide bonds. The molecule has 5 heteroatoms. The number of aromatic nitrogens is 2. The van der Waals surface area contributed by atoms with Gasteiger partial charge in [0.15, 0.2) is 0 Å². The number of nitrogens with one attached hydrogen (secondary N) is 1. The highest BCUT2D eigenvalue weighted by atomic mass is 16.1. The number of benzene rings is 1. The summed E-state index contributed by atoms with van der Waals surface area (Å²) in [6.07, 6.45) is 2.38. The topological polar surface area (TPSA) is 72.4 Å². The van der Waals surface area contributed by atoms with Crippen molar-refractivity contribution in [1.82, 2.24) is 9.38 Å². The van der Waals surface area contributed by atoms with Crippen molar-refractivity contribution in [1.29, 1.82) is 0 Å². The minimum absolute atomic E-state index is 0.00420. The lowest BCUT2D eigenvalue weighted by atomic mass is 10.1. The lowest BCUT2D eigenvalue weighted by Crippen LogP contribution is -2.09. The van der Waals surface area contributed by atoms with Crippen LogP contribution in [-0.2, 0) is 4.79 Å². The van der Waals surface area contributed by atoms with Gasteiger partial charge in [-0.05, 0) is 36.8 Å². The number of carbonyl (C=O) groups excluding carboxylic acids is 1. The molecule has 0 radical (unpaired) electrons. The minimum Gasteiger partial charge on any atom is -0.383 e. The number of nitrogens with two attached hydrogens (primary N) is 1. The van der Waals surface area contributed by atoms with Crippen LogP contribution in [0.4, 0.5) is 11.5 Å². The molecule has 112 valence electrons. The lowest BCUT2D eigenvalue weighted by molar-refractivity contribution is -0.115. The average Bonchev–Trinajstić information content (AvgIpc) is 2.84. The standard InChI is InChI=1S/C17H18N4O/c1-3-15(22)19-13-6-4-12(5-7-13)16-17(18)21-9-8-11(2)10-14(21)20-16/h4-10H,3,18H2,1-2H3,(H,19,22). The molecule has 0 fully saturated rings. The lowest BCUT2D eigenvalue weighted by Gasteiger charge is -2.04. The number of nitrogens with zero attached hydrogens (tertiary/aromatic N) is 2. The fourth-order valence-electron chi connectivity index (χ4n) is 2.34. The number of nitrogen functional groups attached to an aromatic ring is 1. The molecule has 3 N–H and O–H groups in total. The molecular weight excluding hydrogens is 276 g/mol. The number of rotatable bonds is 3. The van der Waals surface area contributed by atoms with Crippen molar-refractivity contribution in [2.24, 2.45) is 0 Å². The Morgan fingerprint density at radius 3 is 2.68 bits per heavy atom. The van der Waals surface area contributed by atoms with E-state index in [2.05, 4.69) is 10.3 Å². The van der Waals surface area contributed by atoms with Gasteiger partial charge in [-0.1, -0.05) is 19.1 Å². The quantitative estimate of drug-likeness (QED) is 0.779. The second kappa shape index (κ2) is 5.52. The highest BCUT2D eigenvalue weighted by Crippen LogP contribution is 2.27. The fourth-order valence-corrected chi connectivity index (χ4v) is 2.34. The van der Waals surface area contributed by atoms with Gasteiger partial charge in [-0.2, -0.15) is 0 Å². The SMILES string of the molecule is CCC(=O)Nc1ccc(-c2nc3cc(C)ccn3c2N)cc1. The third kappa shape index (κ3) is 2.53. The van der Waals surface area contributed by atoms with E-state index < -0.39 is 0 Å². The van der Waals surface area contributed by atoms with Crippen LogP contribution in [0.5, 0.6) is 0 Å². The molecule has 3 aromatic rings. The first-order valence-electron chi connectivity index (χ1n) is 7.23. The van der Waals surface area contributed by atoms with Gasteiger partial charge in [0.2, 0.25) is 5.91 Å². The zero-order valence-corrected chi connectivity index (χ0v) is 12.6. The summed E-state index contributed by atoms with van der Waals surface area (Å²) in [5.41, 5.74) is 10.6. The zero-order chi connectivity index (χ0) is 15.7. The van der Waals surface area contributed by atoms with E-state index in [0.717, 1.165) is 28.2 Å². The molecule has 1 aromatic carbocycles. The first-order valence-corrected chi connectivity index (χ1v) is 7.23. The number of imidazole rings is 1. The first kappa shape index (κ1) is 14.1. The van der Waals surface area contributed by atoms with Gasteiger partial charge in [0.05, 0.1) is 0 Å². The summed E-state index contributed by atoms with van der Waals surface area (Å²) >= 11 is 0.